The van der Waals surface area contributed by atoms with Gasteiger partial charge in [0.1, 0.15) is 11.4 Å². The van der Waals surface area contributed by atoms with Gasteiger partial charge in [-0.1, -0.05) is 6.07 Å². The van der Waals surface area contributed by atoms with E-state index < -0.39 is 0 Å². The number of hydrogen-bond donors (Lipinski definition) is 3. The summed E-state index contributed by atoms with van der Waals surface area (Å²) < 4.78 is 8.48. The highest BCUT2D eigenvalue weighted by atomic mass is 32.2. The van der Waals surface area contributed by atoms with Crippen molar-refractivity contribution in [3.63, 3.8) is 0 Å². The van der Waals surface area contributed by atoms with E-state index in [4.69, 9.17) is 10.5 Å². The summed E-state index contributed by atoms with van der Waals surface area (Å²) in [6.07, 6.45) is 4.33. The lowest BCUT2D eigenvalue weighted by Crippen LogP contribution is -2.22. The minimum atomic E-state index is -0.175. The van der Waals surface area contributed by atoms with Gasteiger partial charge in [0.15, 0.2) is 0 Å². The Balaban J connectivity index is 1.51. The molecule has 0 saturated carbocycles. The minimum absolute atomic E-state index is 0.0288. The van der Waals surface area contributed by atoms with Crippen LogP contribution in [0.3, 0.4) is 0 Å². The maximum Gasteiger partial charge on any atom is 0.261 e. The van der Waals surface area contributed by atoms with Crippen molar-refractivity contribution < 1.29 is 9.53 Å². The van der Waals surface area contributed by atoms with E-state index in [2.05, 4.69) is 14.7 Å². The number of carbonyl (C=O) groups excluding carboxylic acids is 1. The van der Waals surface area contributed by atoms with Crippen LogP contribution in [-0.4, -0.2) is 22.5 Å². The van der Waals surface area contributed by atoms with Crippen LogP contribution in [0.15, 0.2) is 47.6 Å². The van der Waals surface area contributed by atoms with E-state index in [1.165, 1.54) is 11.9 Å². The largest absolute Gasteiger partial charge is 0.493 e. The van der Waals surface area contributed by atoms with Gasteiger partial charge in [-0.2, -0.15) is 0 Å². The Bertz CT molecular complexity index is 908. The molecule has 0 spiro atoms. The summed E-state index contributed by atoms with van der Waals surface area (Å²) in [7, 11) is 0. The lowest BCUT2D eigenvalue weighted by atomic mass is 9.99. The molecule has 1 aliphatic rings. The number of nitrogens with one attached hydrogen (secondary N) is 2. The molecule has 24 heavy (non-hydrogen) atoms. The van der Waals surface area contributed by atoms with Crippen molar-refractivity contribution in [2.75, 3.05) is 6.61 Å². The van der Waals surface area contributed by atoms with Gasteiger partial charge in [0, 0.05) is 46.3 Å². The molecule has 122 valence electrons. The molecule has 0 saturated heterocycles. The van der Waals surface area contributed by atoms with Crippen molar-refractivity contribution in [3.05, 3.63) is 53.9 Å². The van der Waals surface area contributed by atoms with Gasteiger partial charge in [0.2, 0.25) is 0 Å². The molecule has 0 fully saturated rings. The lowest BCUT2D eigenvalue weighted by molar-refractivity contribution is 0.0983. The number of fused-ring (bicyclic) bond motifs is 2. The van der Waals surface area contributed by atoms with E-state index in [1.807, 2.05) is 24.4 Å². The van der Waals surface area contributed by atoms with Crippen LogP contribution in [0.5, 0.6) is 5.75 Å². The third kappa shape index (κ3) is 2.72. The van der Waals surface area contributed by atoms with Crippen LogP contribution < -0.4 is 15.2 Å². The summed E-state index contributed by atoms with van der Waals surface area (Å²) in [4.78, 5) is 20.6. The van der Waals surface area contributed by atoms with Gasteiger partial charge in [-0.25, -0.2) is 4.98 Å². The molecule has 7 heteroatoms. The zero-order valence-corrected chi connectivity index (χ0v) is 13.6. The van der Waals surface area contributed by atoms with Crippen molar-refractivity contribution in [2.24, 2.45) is 5.73 Å². The van der Waals surface area contributed by atoms with E-state index in [0.717, 1.165) is 27.9 Å². The van der Waals surface area contributed by atoms with Crippen LogP contribution in [0.25, 0.3) is 11.0 Å². The summed E-state index contributed by atoms with van der Waals surface area (Å²) in [5.41, 5.74) is 8.36. The standard InChI is InChI=1S/C17H16N4O2S/c18-13-5-8-23-14-9-10(1-2-11(13)14)17(22)21-24-15-4-7-20-16-12(15)3-6-19-16/h1-4,6-7,9,13H,5,8,18H2,(H,19,20)(H,21,22)/t13-/m0/s1. The molecule has 3 aromatic rings. The summed E-state index contributed by atoms with van der Waals surface area (Å²) >= 11 is 1.27. The van der Waals surface area contributed by atoms with Crippen LogP contribution in [0, 0.1) is 0 Å². The number of rotatable bonds is 3. The number of nitrogens with zero attached hydrogens (tertiary/aromatic N) is 1. The van der Waals surface area contributed by atoms with E-state index in [1.54, 1.807) is 18.3 Å². The van der Waals surface area contributed by atoms with Crippen LogP contribution in [0.1, 0.15) is 28.4 Å². The fraction of sp³-hybridized carbons (Fsp3) is 0.176. The van der Waals surface area contributed by atoms with Crippen molar-refractivity contribution in [1.29, 1.82) is 0 Å². The number of aromatic amines is 1. The van der Waals surface area contributed by atoms with Gasteiger partial charge in [-0.15, -0.1) is 0 Å². The second kappa shape index (κ2) is 6.18. The Labute approximate surface area is 142 Å². The van der Waals surface area contributed by atoms with Crippen LogP contribution in [0.4, 0.5) is 0 Å². The third-order valence-corrected chi connectivity index (χ3v) is 4.90. The first-order chi connectivity index (χ1) is 11.7. The predicted molar refractivity (Wildman–Crippen MR) is 92.9 cm³/mol. The zero-order chi connectivity index (χ0) is 16.5. The normalized spacial score (nSPS) is 16.5. The Hall–Kier alpha value is -2.51. The van der Waals surface area contributed by atoms with E-state index in [0.29, 0.717) is 17.9 Å². The fourth-order valence-corrected chi connectivity index (χ4v) is 3.47. The molecule has 0 unspecified atom stereocenters. The van der Waals surface area contributed by atoms with Gasteiger partial charge in [-0.05, 0) is 36.2 Å². The van der Waals surface area contributed by atoms with Crippen molar-refractivity contribution in [1.82, 2.24) is 14.7 Å². The molecule has 0 aliphatic carbocycles. The van der Waals surface area contributed by atoms with Crippen LogP contribution >= 0.6 is 11.9 Å². The molecule has 0 radical (unpaired) electrons. The predicted octanol–water partition coefficient (Wildman–Crippen LogP) is 2.78. The quantitative estimate of drug-likeness (QED) is 0.638. The molecule has 4 N–H and O–H groups in total. The maximum atomic E-state index is 12.4. The molecule has 1 amide bonds. The number of H-pyrrole nitrogens is 1. The van der Waals surface area contributed by atoms with Gasteiger partial charge in [0.05, 0.1) is 6.61 Å². The molecular weight excluding hydrogens is 324 g/mol. The highest BCUT2D eigenvalue weighted by Crippen LogP contribution is 2.31. The first-order valence-electron chi connectivity index (χ1n) is 7.64. The van der Waals surface area contributed by atoms with Crippen molar-refractivity contribution in [3.8, 4) is 5.75 Å². The topological polar surface area (TPSA) is 93.0 Å². The summed E-state index contributed by atoms with van der Waals surface area (Å²) in [5.74, 6) is 0.523. The maximum absolute atomic E-state index is 12.4. The summed E-state index contributed by atoms with van der Waals surface area (Å²) in [6.45, 7) is 0.580. The molecule has 4 rings (SSSR count). The van der Waals surface area contributed by atoms with Crippen molar-refractivity contribution in [2.45, 2.75) is 17.4 Å². The second-order valence-corrected chi connectivity index (χ2v) is 6.43. The van der Waals surface area contributed by atoms with Gasteiger partial charge in [0.25, 0.3) is 5.91 Å². The number of carbonyl (C=O) groups is 1. The first-order valence-corrected chi connectivity index (χ1v) is 8.45. The molecule has 3 heterocycles. The molecule has 1 aromatic carbocycles. The van der Waals surface area contributed by atoms with Gasteiger partial charge < -0.3 is 15.5 Å². The van der Waals surface area contributed by atoms with Gasteiger partial charge in [-0.3, -0.25) is 9.52 Å². The highest BCUT2D eigenvalue weighted by molar-refractivity contribution is 7.98. The van der Waals surface area contributed by atoms with Crippen molar-refractivity contribution >= 4 is 28.9 Å². The number of ether oxygens (including phenoxy) is 1. The lowest BCUT2D eigenvalue weighted by Gasteiger charge is -2.23. The Kier molecular flexibility index (Phi) is 3.87. The SMILES string of the molecule is N[C@H]1CCOc2cc(C(=O)NSc3ccnc4[nH]ccc34)ccc21. The average Bonchev–Trinajstić information content (AvgIpc) is 3.09. The fourth-order valence-electron chi connectivity index (χ4n) is 2.74. The number of pyridine rings is 1. The van der Waals surface area contributed by atoms with E-state index >= 15 is 0 Å². The number of benzene rings is 1. The van der Waals surface area contributed by atoms with Gasteiger partial charge >= 0.3 is 0 Å². The van der Waals surface area contributed by atoms with E-state index in [-0.39, 0.29) is 11.9 Å². The number of nitrogens with two attached hydrogens (primary N) is 1. The summed E-state index contributed by atoms with van der Waals surface area (Å²) in [5, 5.41) is 0.975. The average molecular weight is 340 g/mol. The minimum Gasteiger partial charge on any atom is -0.493 e. The Morgan fingerprint density at radius 3 is 3.21 bits per heavy atom. The molecular formula is C17H16N4O2S. The molecule has 0 bridgehead atoms. The smallest absolute Gasteiger partial charge is 0.261 e. The number of hydrogen-bond acceptors (Lipinski definition) is 5. The molecule has 1 atom stereocenters. The first kappa shape index (κ1) is 15.0. The Morgan fingerprint density at radius 2 is 2.29 bits per heavy atom. The number of aromatic nitrogens is 2. The molecule has 6 nitrogen and oxygen atoms in total. The molecule has 1 aliphatic heterocycles. The Morgan fingerprint density at radius 1 is 1.38 bits per heavy atom. The molecule has 2 aromatic heterocycles. The monoisotopic (exact) mass is 340 g/mol. The van der Waals surface area contributed by atoms with Crippen LogP contribution in [-0.2, 0) is 0 Å². The zero-order valence-electron chi connectivity index (χ0n) is 12.8. The third-order valence-electron chi connectivity index (χ3n) is 4.04. The summed E-state index contributed by atoms with van der Waals surface area (Å²) in [6, 6.07) is 9.18. The van der Waals surface area contributed by atoms with E-state index in [9.17, 15) is 4.79 Å². The number of amides is 1. The highest BCUT2D eigenvalue weighted by Gasteiger charge is 2.19. The van der Waals surface area contributed by atoms with Crippen LogP contribution in [0.2, 0.25) is 0 Å². The second-order valence-electron chi connectivity index (χ2n) is 5.58.